The van der Waals surface area contributed by atoms with Gasteiger partial charge in [-0.05, 0) is 30.3 Å². The molecule has 4 aromatic rings. The van der Waals surface area contributed by atoms with Crippen molar-refractivity contribution in [2.24, 2.45) is 11.5 Å². The van der Waals surface area contributed by atoms with Crippen LogP contribution < -0.4 is 17.0 Å². The third-order valence-electron chi connectivity index (χ3n) is 3.75. The van der Waals surface area contributed by atoms with Gasteiger partial charge in [0.15, 0.2) is 0 Å². The van der Waals surface area contributed by atoms with E-state index >= 15 is 0 Å². The molecule has 0 aliphatic heterocycles. The minimum atomic E-state index is -0.159. The van der Waals surface area contributed by atoms with Gasteiger partial charge in [-0.25, -0.2) is 9.97 Å². The summed E-state index contributed by atoms with van der Waals surface area (Å²) in [5.74, 6) is 0.105. The minimum Gasteiger partial charge on any atom is -0.506 e. The van der Waals surface area contributed by atoms with Gasteiger partial charge in [0.25, 0.3) is 5.56 Å². The summed E-state index contributed by atoms with van der Waals surface area (Å²) in [6.45, 7) is 0.483. The Hall–Kier alpha value is -3.36. The first kappa shape index (κ1) is 17.5. The van der Waals surface area contributed by atoms with Gasteiger partial charge < -0.3 is 21.6 Å². The number of nitrogens with one attached hydrogen (secondary N) is 1. The molecule has 132 valence electrons. The van der Waals surface area contributed by atoms with Crippen molar-refractivity contribution in [3.63, 3.8) is 0 Å². The number of aromatic amines is 1. The van der Waals surface area contributed by atoms with Crippen LogP contribution in [0.3, 0.4) is 0 Å². The van der Waals surface area contributed by atoms with Crippen molar-refractivity contribution in [3.05, 3.63) is 70.4 Å². The van der Waals surface area contributed by atoms with Crippen molar-refractivity contribution in [2.75, 3.05) is 0 Å². The molecule has 0 saturated heterocycles. The molecule has 0 saturated carbocycles. The Kier molecular flexibility index (Phi) is 5.16. The Morgan fingerprint density at radius 3 is 2.54 bits per heavy atom. The van der Waals surface area contributed by atoms with E-state index < -0.39 is 0 Å². The van der Waals surface area contributed by atoms with Gasteiger partial charge in [-0.1, -0.05) is 0 Å². The van der Waals surface area contributed by atoms with E-state index in [9.17, 15) is 9.90 Å². The van der Waals surface area contributed by atoms with E-state index in [1.54, 1.807) is 30.6 Å². The topological polar surface area (TPSA) is 144 Å². The number of rotatable bonds is 2. The number of fused-ring (bicyclic) bond motifs is 2. The molecular formula is C18H18N6O2. The normalized spacial score (nSPS) is 10.5. The second kappa shape index (κ2) is 7.68. The van der Waals surface area contributed by atoms with Crippen LogP contribution in [0.4, 0.5) is 0 Å². The third-order valence-corrected chi connectivity index (χ3v) is 3.75. The number of aromatic nitrogens is 4. The highest BCUT2D eigenvalue weighted by Crippen LogP contribution is 2.19. The number of hydrogen-bond donors (Lipinski definition) is 4. The summed E-state index contributed by atoms with van der Waals surface area (Å²) in [5, 5.41) is 10.3. The molecule has 0 aromatic carbocycles. The Bertz CT molecular complexity index is 1110. The minimum absolute atomic E-state index is 0.105. The summed E-state index contributed by atoms with van der Waals surface area (Å²) < 4.78 is 0. The SMILES string of the molecule is NCc1cc2cccnc2[nH]c1=O.NCc1nc2cccnc2cc1O. The zero-order valence-corrected chi connectivity index (χ0v) is 13.9. The van der Waals surface area contributed by atoms with Crippen molar-refractivity contribution in [2.45, 2.75) is 13.1 Å². The fraction of sp³-hybridized carbons (Fsp3) is 0.111. The first-order valence-corrected chi connectivity index (χ1v) is 7.93. The number of hydrogen-bond acceptors (Lipinski definition) is 7. The van der Waals surface area contributed by atoms with Crippen LogP contribution in [0, 0.1) is 0 Å². The fourth-order valence-corrected chi connectivity index (χ4v) is 2.41. The van der Waals surface area contributed by atoms with E-state index in [0.717, 1.165) is 10.9 Å². The second-order valence-corrected chi connectivity index (χ2v) is 5.47. The molecule has 4 rings (SSSR count). The van der Waals surface area contributed by atoms with Crippen LogP contribution in [0.2, 0.25) is 0 Å². The molecule has 0 aliphatic carbocycles. The summed E-state index contributed by atoms with van der Waals surface area (Å²) in [7, 11) is 0. The molecular weight excluding hydrogens is 332 g/mol. The Balaban J connectivity index is 0.000000151. The molecule has 4 heterocycles. The van der Waals surface area contributed by atoms with E-state index in [-0.39, 0.29) is 24.4 Å². The predicted octanol–water partition coefficient (Wildman–Crippen LogP) is 1.18. The largest absolute Gasteiger partial charge is 0.506 e. The van der Waals surface area contributed by atoms with Gasteiger partial charge in [0.05, 0.1) is 16.7 Å². The fourth-order valence-electron chi connectivity index (χ4n) is 2.41. The molecule has 0 bridgehead atoms. The summed E-state index contributed by atoms with van der Waals surface area (Å²) >= 11 is 0. The number of nitrogens with zero attached hydrogens (tertiary/aromatic N) is 3. The molecule has 0 aliphatic rings. The van der Waals surface area contributed by atoms with Gasteiger partial charge in [-0.3, -0.25) is 9.78 Å². The summed E-state index contributed by atoms with van der Waals surface area (Å²) in [5.41, 5.74) is 13.8. The van der Waals surface area contributed by atoms with E-state index in [0.29, 0.717) is 22.4 Å². The summed E-state index contributed by atoms with van der Waals surface area (Å²) in [4.78, 5) is 26.2. The zero-order chi connectivity index (χ0) is 18.5. The maximum Gasteiger partial charge on any atom is 0.254 e. The lowest BCUT2D eigenvalue weighted by Crippen LogP contribution is -2.15. The average Bonchev–Trinajstić information content (AvgIpc) is 2.67. The first-order chi connectivity index (χ1) is 12.6. The number of H-pyrrole nitrogens is 1. The van der Waals surface area contributed by atoms with Crippen LogP contribution in [0.25, 0.3) is 22.1 Å². The van der Waals surface area contributed by atoms with Crippen LogP contribution in [0.1, 0.15) is 11.3 Å². The van der Waals surface area contributed by atoms with E-state index in [1.807, 2.05) is 18.2 Å². The monoisotopic (exact) mass is 350 g/mol. The molecule has 0 fully saturated rings. The average molecular weight is 350 g/mol. The lowest BCUT2D eigenvalue weighted by atomic mass is 10.2. The van der Waals surface area contributed by atoms with Gasteiger partial charge >= 0.3 is 0 Å². The molecule has 0 spiro atoms. The second-order valence-electron chi connectivity index (χ2n) is 5.47. The van der Waals surface area contributed by atoms with E-state index in [4.69, 9.17) is 11.5 Å². The predicted molar refractivity (Wildman–Crippen MR) is 99.3 cm³/mol. The van der Waals surface area contributed by atoms with Crippen molar-refractivity contribution in [1.29, 1.82) is 0 Å². The Morgan fingerprint density at radius 2 is 1.77 bits per heavy atom. The molecule has 26 heavy (non-hydrogen) atoms. The maximum atomic E-state index is 11.3. The van der Waals surface area contributed by atoms with E-state index in [2.05, 4.69) is 19.9 Å². The van der Waals surface area contributed by atoms with Crippen molar-refractivity contribution in [3.8, 4) is 5.75 Å². The van der Waals surface area contributed by atoms with Crippen LogP contribution in [-0.2, 0) is 13.1 Å². The van der Waals surface area contributed by atoms with Gasteiger partial charge in [-0.15, -0.1) is 0 Å². The van der Waals surface area contributed by atoms with Crippen molar-refractivity contribution in [1.82, 2.24) is 19.9 Å². The van der Waals surface area contributed by atoms with Crippen molar-refractivity contribution < 1.29 is 5.11 Å². The van der Waals surface area contributed by atoms with Crippen molar-refractivity contribution >= 4 is 22.1 Å². The van der Waals surface area contributed by atoms with Gasteiger partial charge in [0, 0.05) is 42.5 Å². The molecule has 4 aromatic heterocycles. The Morgan fingerprint density at radius 1 is 1.00 bits per heavy atom. The van der Waals surface area contributed by atoms with Gasteiger partial charge in [0.1, 0.15) is 11.4 Å². The Labute approximate surface area is 148 Å². The molecule has 0 amide bonds. The lowest BCUT2D eigenvalue weighted by Gasteiger charge is -2.02. The molecule has 8 heteroatoms. The standard InChI is InChI=1S/2C9H9N3O/c10-5-8-9(13)4-7-6(12-8)2-1-3-11-7;10-5-7-4-6-2-1-3-11-8(6)12-9(7)13/h1-4,13H,5,10H2;1-4H,5,10H2,(H,11,12,13). The molecule has 0 unspecified atom stereocenters. The lowest BCUT2D eigenvalue weighted by molar-refractivity contribution is 0.465. The molecule has 8 nitrogen and oxygen atoms in total. The molecule has 0 radical (unpaired) electrons. The highest BCUT2D eigenvalue weighted by Gasteiger charge is 2.03. The zero-order valence-electron chi connectivity index (χ0n) is 13.9. The van der Waals surface area contributed by atoms with Gasteiger partial charge in [0.2, 0.25) is 0 Å². The quantitative estimate of drug-likeness (QED) is 0.425. The highest BCUT2D eigenvalue weighted by molar-refractivity contribution is 5.75. The van der Waals surface area contributed by atoms with Crippen LogP contribution >= 0.6 is 0 Å². The van der Waals surface area contributed by atoms with Gasteiger partial charge in [-0.2, -0.15) is 0 Å². The van der Waals surface area contributed by atoms with Crippen LogP contribution in [0.5, 0.6) is 5.75 Å². The number of pyridine rings is 4. The molecule has 6 N–H and O–H groups in total. The first-order valence-electron chi connectivity index (χ1n) is 7.93. The van der Waals surface area contributed by atoms with E-state index in [1.165, 1.54) is 0 Å². The smallest absolute Gasteiger partial charge is 0.254 e. The summed E-state index contributed by atoms with van der Waals surface area (Å²) in [6.07, 6.45) is 3.30. The third kappa shape index (κ3) is 3.66. The number of aromatic hydroxyl groups is 1. The number of nitrogens with two attached hydrogens (primary N) is 2. The van der Waals surface area contributed by atoms with Crippen LogP contribution in [0.15, 0.2) is 53.6 Å². The highest BCUT2D eigenvalue weighted by atomic mass is 16.3. The summed E-state index contributed by atoms with van der Waals surface area (Å²) in [6, 6.07) is 10.7. The van der Waals surface area contributed by atoms with Crippen LogP contribution in [-0.4, -0.2) is 25.0 Å². The molecule has 0 atom stereocenters. The maximum absolute atomic E-state index is 11.3.